The number of amides is 4. The average molecular weight is 397 g/mol. The van der Waals surface area contributed by atoms with Gasteiger partial charge in [-0.15, -0.1) is 0 Å². The predicted octanol–water partition coefficient (Wildman–Crippen LogP) is 3.08. The van der Waals surface area contributed by atoms with Gasteiger partial charge in [-0.3, -0.25) is 24.1 Å². The summed E-state index contributed by atoms with van der Waals surface area (Å²) in [7, 11) is 1.44. The zero-order valence-electron chi connectivity index (χ0n) is 16.2. The highest BCUT2D eigenvalue weighted by Crippen LogP contribution is 2.33. The largest absolute Gasteiger partial charge is 0.277 e. The van der Waals surface area contributed by atoms with Crippen LogP contribution in [0.4, 0.5) is 5.82 Å². The van der Waals surface area contributed by atoms with Crippen LogP contribution < -0.4 is 4.90 Å². The van der Waals surface area contributed by atoms with Crippen molar-refractivity contribution in [3.8, 4) is 11.1 Å². The number of nitrogens with zero attached hydrogens (tertiary/aromatic N) is 3. The first kappa shape index (κ1) is 17.9. The van der Waals surface area contributed by atoms with E-state index in [4.69, 9.17) is 0 Å². The van der Waals surface area contributed by atoms with Crippen LogP contribution in [0.15, 0.2) is 54.6 Å². The fraction of sp³-hybridized carbons (Fsp3) is 0.0870. The van der Waals surface area contributed by atoms with E-state index in [-0.39, 0.29) is 23.2 Å². The summed E-state index contributed by atoms with van der Waals surface area (Å²) < 4.78 is 0. The van der Waals surface area contributed by atoms with Gasteiger partial charge in [-0.05, 0) is 54.4 Å². The second-order valence-electron chi connectivity index (χ2n) is 7.27. The molecule has 0 saturated heterocycles. The molecule has 5 rings (SSSR count). The fourth-order valence-corrected chi connectivity index (χ4v) is 3.82. The molecule has 0 unspecified atom stereocenters. The summed E-state index contributed by atoms with van der Waals surface area (Å²) in [5, 5.41) is 0. The average Bonchev–Trinajstić information content (AvgIpc) is 3.13. The van der Waals surface area contributed by atoms with Crippen LogP contribution in [-0.4, -0.2) is 40.6 Å². The standard InChI is InChI=1S/C23H15N3O4/c1-12-4-3-5-19(24-12)26-22(29)16-9-7-14(11-18(16)23(26)30)13-6-8-15-17(10-13)21(28)25(2)20(15)27/h3-11H,1-2H3. The molecule has 2 aromatic carbocycles. The lowest BCUT2D eigenvalue weighted by molar-refractivity contribution is 0.0692. The molecule has 0 atom stereocenters. The molecule has 7 nitrogen and oxygen atoms in total. The summed E-state index contributed by atoms with van der Waals surface area (Å²) in [4.78, 5) is 56.6. The van der Waals surface area contributed by atoms with Gasteiger partial charge in [0.15, 0.2) is 0 Å². The Bertz CT molecular complexity index is 1310. The first-order chi connectivity index (χ1) is 14.4. The van der Waals surface area contributed by atoms with Crippen molar-refractivity contribution in [1.82, 2.24) is 9.88 Å². The van der Waals surface area contributed by atoms with Crippen molar-refractivity contribution in [3.05, 3.63) is 82.5 Å². The van der Waals surface area contributed by atoms with Crippen LogP contribution in [0, 0.1) is 6.92 Å². The number of aromatic nitrogens is 1. The monoisotopic (exact) mass is 397 g/mol. The minimum Gasteiger partial charge on any atom is -0.277 e. The van der Waals surface area contributed by atoms with Gasteiger partial charge in [0.05, 0.1) is 22.3 Å². The highest BCUT2D eigenvalue weighted by molar-refractivity contribution is 6.34. The van der Waals surface area contributed by atoms with Crippen LogP contribution in [0.3, 0.4) is 0 Å². The number of hydrogen-bond acceptors (Lipinski definition) is 5. The summed E-state index contributed by atoms with van der Waals surface area (Å²) in [6.07, 6.45) is 0. The number of benzene rings is 2. The van der Waals surface area contributed by atoms with Gasteiger partial charge in [0.2, 0.25) is 0 Å². The first-order valence-electron chi connectivity index (χ1n) is 9.30. The number of aryl methyl sites for hydroxylation is 1. The summed E-state index contributed by atoms with van der Waals surface area (Å²) in [5.74, 6) is -1.27. The minimum absolute atomic E-state index is 0.279. The maximum Gasteiger partial charge on any atom is 0.267 e. The number of fused-ring (bicyclic) bond motifs is 2. The van der Waals surface area contributed by atoms with Crippen molar-refractivity contribution in [3.63, 3.8) is 0 Å². The Balaban J connectivity index is 1.56. The molecule has 1 aromatic heterocycles. The quantitative estimate of drug-likeness (QED) is 0.620. The second kappa shape index (κ2) is 6.18. The highest BCUT2D eigenvalue weighted by Gasteiger charge is 2.38. The Morgan fingerprint density at radius 3 is 1.83 bits per heavy atom. The lowest BCUT2D eigenvalue weighted by atomic mass is 9.97. The summed E-state index contributed by atoms with van der Waals surface area (Å²) >= 11 is 0. The zero-order chi connectivity index (χ0) is 21.2. The molecule has 0 fully saturated rings. The van der Waals surface area contributed by atoms with Gasteiger partial charge >= 0.3 is 0 Å². The fourth-order valence-electron chi connectivity index (χ4n) is 3.82. The molecule has 30 heavy (non-hydrogen) atoms. The van der Waals surface area contributed by atoms with E-state index in [1.807, 2.05) is 0 Å². The van der Waals surface area contributed by atoms with Crippen LogP contribution in [-0.2, 0) is 0 Å². The molecule has 2 aliphatic rings. The summed E-state index contributed by atoms with van der Waals surface area (Å²) in [6.45, 7) is 1.79. The number of carbonyl (C=O) groups is 4. The van der Waals surface area contributed by atoms with E-state index in [0.29, 0.717) is 33.5 Å². The minimum atomic E-state index is -0.443. The Morgan fingerprint density at radius 2 is 1.20 bits per heavy atom. The van der Waals surface area contributed by atoms with Gasteiger partial charge in [0.25, 0.3) is 23.6 Å². The molecule has 0 N–H and O–H groups in total. The molecule has 3 aromatic rings. The lowest BCUT2D eigenvalue weighted by Gasteiger charge is -2.12. The van der Waals surface area contributed by atoms with Crippen molar-refractivity contribution in [2.75, 3.05) is 11.9 Å². The smallest absolute Gasteiger partial charge is 0.267 e. The Hall–Kier alpha value is -4.13. The van der Waals surface area contributed by atoms with E-state index in [1.165, 1.54) is 7.05 Å². The van der Waals surface area contributed by atoms with Crippen molar-refractivity contribution in [2.45, 2.75) is 6.92 Å². The molecule has 146 valence electrons. The van der Waals surface area contributed by atoms with Gasteiger partial charge in [0.1, 0.15) is 5.82 Å². The maximum atomic E-state index is 13.0. The number of pyridine rings is 1. The molecule has 0 bridgehead atoms. The van der Waals surface area contributed by atoms with Gasteiger partial charge in [-0.25, -0.2) is 9.88 Å². The molecule has 0 spiro atoms. The van der Waals surface area contributed by atoms with E-state index in [0.717, 1.165) is 9.80 Å². The number of hydrogen-bond donors (Lipinski definition) is 0. The molecule has 4 amide bonds. The third-order valence-corrected chi connectivity index (χ3v) is 5.41. The first-order valence-corrected chi connectivity index (χ1v) is 9.30. The van der Waals surface area contributed by atoms with E-state index in [2.05, 4.69) is 4.98 Å². The second-order valence-corrected chi connectivity index (χ2v) is 7.27. The lowest BCUT2D eigenvalue weighted by Crippen LogP contribution is -2.30. The molecule has 0 radical (unpaired) electrons. The van der Waals surface area contributed by atoms with Crippen molar-refractivity contribution in [1.29, 1.82) is 0 Å². The number of rotatable bonds is 2. The van der Waals surface area contributed by atoms with Crippen molar-refractivity contribution < 1.29 is 19.2 Å². The van der Waals surface area contributed by atoms with Crippen LogP contribution in [0.1, 0.15) is 47.1 Å². The van der Waals surface area contributed by atoms with E-state index < -0.39 is 11.8 Å². The SMILES string of the molecule is Cc1cccc(N2C(=O)c3ccc(-c4ccc5c(c4)C(=O)N(C)C5=O)cc3C2=O)n1. The Morgan fingerprint density at radius 1 is 0.667 bits per heavy atom. The normalized spacial score (nSPS) is 15.1. The van der Waals surface area contributed by atoms with Gasteiger partial charge in [-0.2, -0.15) is 0 Å². The van der Waals surface area contributed by atoms with Crippen LogP contribution in [0.25, 0.3) is 11.1 Å². The highest BCUT2D eigenvalue weighted by atomic mass is 16.2. The molecule has 7 heteroatoms. The topological polar surface area (TPSA) is 87.7 Å². The third-order valence-electron chi connectivity index (χ3n) is 5.41. The zero-order valence-corrected chi connectivity index (χ0v) is 16.2. The van der Waals surface area contributed by atoms with Crippen molar-refractivity contribution >= 4 is 29.4 Å². The summed E-state index contributed by atoms with van der Waals surface area (Å²) in [5.41, 5.74) is 3.32. The molecular formula is C23H15N3O4. The number of carbonyl (C=O) groups excluding carboxylic acids is 4. The Kier molecular flexibility index (Phi) is 3.70. The van der Waals surface area contributed by atoms with E-state index >= 15 is 0 Å². The van der Waals surface area contributed by atoms with Crippen LogP contribution in [0.5, 0.6) is 0 Å². The van der Waals surface area contributed by atoms with Crippen LogP contribution in [0.2, 0.25) is 0 Å². The molecular weight excluding hydrogens is 382 g/mol. The molecule has 0 saturated carbocycles. The predicted molar refractivity (Wildman–Crippen MR) is 108 cm³/mol. The molecule has 2 aliphatic heterocycles. The maximum absolute atomic E-state index is 13.0. The van der Waals surface area contributed by atoms with Crippen molar-refractivity contribution in [2.24, 2.45) is 0 Å². The van der Waals surface area contributed by atoms with Crippen LogP contribution >= 0.6 is 0 Å². The molecule has 0 aliphatic carbocycles. The number of anilines is 1. The number of imide groups is 2. The van der Waals surface area contributed by atoms with E-state index in [9.17, 15) is 19.2 Å². The molecule has 3 heterocycles. The Labute approximate surface area is 171 Å². The third kappa shape index (κ3) is 2.42. The van der Waals surface area contributed by atoms with Gasteiger partial charge < -0.3 is 0 Å². The summed E-state index contributed by atoms with van der Waals surface area (Å²) in [6, 6.07) is 15.1. The van der Waals surface area contributed by atoms with E-state index in [1.54, 1.807) is 61.5 Å². The van der Waals surface area contributed by atoms with Gasteiger partial charge in [0, 0.05) is 12.7 Å². The van der Waals surface area contributed by atoms with Gasteiger partial charge in [-0.1, -0.05) is 18.2 Å².